The topological polar surface area (TPSA) is 71.2 Å². The highest BCUT2D eigenvalue weighted by molar-refractivity contribution is 5.92. The van der Waals surface area contributed by atoms with E-state index < -0.39 is 0 Å². The molecule has 0 aliphatic rings. The fourth-order valence-corrected chi connectivity index (χ4v) is 0.662. The van der Waals surface area contributed by atoms with Crippen LogP contribution in [0.25, 0.3) is 0 Å². The molecule has 0 saturated heterocycles. The van der Waals surface area contributed by atoms with Crippen LogP contribution in [0.2, 0.25) is 0 Å². The van der Waals surface area contributed by atoms with E-state index >= 15 is 0 Å². The molecule has 0 saturated carbocycles. The zero-order valence-corrected chi connectivity index (χ0v) is 6.43. The van der Waals surface area contributed by atoms with Gasteiger partial charge in [0.1, 0.15) is 5.69 Å². The monoisotopic (exact) mass is 162 g/mol. The van der Waals surface area contributed by atoms with Crippen molar-refractivity contribution in [3.05, 3.63) is 24.3 Å². The molecule has 0 aliphatic carbocycles. The first kappa shape index (κ1) is 8.14. The quantitative estimate of drug-likeness (QED) is 0.339. The summed E-state index contributed by atoms with van der Waals surface area (Å²) in [7, 11) is 1.42. The van der Waals surface area contributed by atoms with Gasteiger partial charge in [-0.25, -0.2) is 4.98 Å². The van der Waals surface area contributed by atoms with Crippen molar-refractivity contribution in [1.29, 1.82) is 5.26 Å². The molecule has 0 spiro atoms. The first-order chi connectivity index (χ1) is 5.88. The molecule has 1 rings (SSSR count). The molecule has 5 nitrogen and oxygen atoms in total. The van der Waals surface area contributed by atoms with Crippen LogP contribution in [-0.4, -0.2) is 23.0 Å². The summed E-state index contributed by atoms with van der Waals surface area (Å²) in [4.78, 5) is 11.1. The molecule has 0 amide bonds. The lowest BCUT2D eigenvalue weighted by Crippen LogP contribution is -2.05. The van der Waals surface area contributed by atoms with Gasteiger partial charge in [0.15, 0.2) is 0 Å². The lowest BCUT2D eigenvalue weighted by atomic mass is 10.4. The molecule has 0 aliphatic heterocycles. The second-order valence-corrected chi connectivity index (χ2v) is 1.81. The summed E-state index contributed by atoms with van der Waals surface area (Å²) in [5.74, 6) is 0.172. The molecular weight excluding hydrogens is 156 g/mol. The maximum Gasteiger partial charge on any atom is 0.251 e. The summed E-state index contributed by atoms with van der Waals surface area (Å²) in [6, 6.07) is 0. The van der Waals surface area contributed by atoms with E-state index in [0.29, 0.717) is 5.69 Å². The van der Waals surface area contributed by atoms with Gasteiger partial charge in [-0.15, -0.1) is 4.99 Å². The summed E-state index contributed by atoms with van der Waals surface area (Å²) < 4.78 is 4.80. The number of hydrogen-bond acceptors (Lipinski definition) is 5. The van der Waals surface area contributed by atoms with E-state index in [1.807, 2.05) is 0 Å². The van der Waals surface area contributed by atoms with Gasteiger partial charge in [-0.1, -0.05) is 0 Å². The molecule has 60 valence electrons. The Hall–Kier alpha value is -1.96. The Morgan fingerprint density at radius 2 is 2.50 bits per heavy atom. The molecule has 0 bridgehead atoms. The van der Waals surface area contributed by atoms with Crippen LogP contribution in [0.5, 0.6) is 0 Å². The lowest BCUT2D eigenvalue weighted by molar-refractivity contribution is 0.403. The van der Waals surface area contributed by atoms with Crippen molar-refractivity contribution in [3.8, 4) is 6.19 Å². The summed E-state index contributed by atoms with van der Waals surface area (Å²) in [6.45, 7) is 0. The van der Waals surface area contributed by atoms with Crippen molar-refractivity contribution < 1.29 is 4.74 Å². The Kier molecular flexibility index (Phi) is 2.73. The maximum absolute atomic E-state index is 8.26. The van der Waals surface area contributed by atoms with Gasteiger partial charge in [-0.3, -0.25) is 4.98 Å². The van der Waals surface area contributed by atoms with Gasteiger partial charge in [-0.05, 0) is 0 Å². The Labute approximate surface area is 69.4 Å². The van der Waals surface area contributed by atoms with Crippen molar-refractivity contribution >= 4 is 5.90 Å². The molecule has 1 aromatic rings. The third kappa shape index (κ3) is 1.76. The van der Waals surface area contributed by atoms with Crippen molar-refractivity contribution in [3.63, 3.8) is 0 Å². The van der Waals surface area contributed by atoms with Crippen LogP contribution in [0.4, 0.5) is 0 Å². The number of aromatic nitrogens is 2. The molecule has 0 aromatic carbocycles. The van der Waals surface area contributed by atoms with E-state index in [9.17, 15) is 0 Å². The number of nitrogens with zero attached hydrogens (tertiary/aromatic N) is 4. The first-order valence-electron chi connectivity index (χ1n) is 3.15. The number of methoxy groups -OCH3 is 1. The number of hydrogen-bond donors (Lipinski definition) is 0. The van der Waals surface area contributed by atoms with Crippen LogP contribution in [-0.2, 0) is 4.74 Å². The predicted molar refractivity (Wildman–Crippen MR) is 41.2 cm³/mol. The molecule has 0 atom stereocenters. The van der Waals surface area contributed by atoms with Gasteiger partial charge in [-0.2, -0.15) is 5.26 Å². The van der Waals surface area contributed by atoms with E-state index in [1.54, 1.807) is 6.19 Å². The number of nitriles is 1. The fraction of sp³-hybridized carbons (Fsp3) is 0.143. The van der Waals surface area contributed by atoms with Crippen molar-refractivity contribution in [1.82, 2.24) is 9.97 Å². The van der Waals surface area contributed by atoms with Crippen molar-refractivity contribution in [2.45, 2.75) is 0 Å². The number of rotatable bonds is 1. The second-order valence-electron chi connectivity index (χ2n) is 1.81. The van der Waals surface area contributed by atoms with Crippen LogP contribution in [0.1, 0.15) is 5.69 Å². The van der Waals surface area contributed by atoms with E-state index in [1.165, 1.54) is 25.7 Å². The van der Waals surface area contributed by atoms with E-state index in [-0.39, 0.29) is 5.90 Å². The summed E-state index contributed by atoms with van der Waals surface area (Å²) >= 11 is 0. The highest BCUT2D eigenvalue weighted by Crippen LogP contribution is 1.94. The summed E-state index contributed by atoms with van der Waals surface area (Å²) in [5, 5.41) is 8.26. The highest BCUT2D eigenvalue weighted by Gasteiger charge is 2.02. The average molecular weight is 162 g/mol. The SMILES string of the molecule is CO/C(=N\C#N)c1cnccn1. The minimum Gasteiger partial charge on any atom is -0.479 e. The largest absolute Gasteiger partial charge is 0.479 e. The van der Waals surface area contributed by atoms with Crippen molar-refractivity contribution in [2.24, 2.45) is 4.99 Å². The Morgan fingerprint density at radius 3 is 3.00 bits per heavy atom. The van der Waals surface area contributed by atoms with Crippen LogP contribution in [0, 0.1) is 11.5 Å². The zero-order valence-electron chi connectivity index (χ0n) is 6.43. The molecular formula is C7H6N4O. The molecule has 5 heteroatoms. The molecule has 0 fully saturated rings. The number of aliphatic imine (C=N–C) groups is 1. The van der Waals surface area contributed by atoms with Gasteiger partial charge in [0.05, 0.1) is 13.3 Å². The lowest BCUT2D eigenvalue weighted by Gasteiger charge is -1.98. The van der Waals surface area contributed by atoms with Crippen LogP contribution < -0.4 is 0 Å². The van der Waals surface area contributed by atoms with Gasteiger partial charge in [0.2, 0.25) is 6.19 Å². The molecule has 0 N–H and O–H groups in total. The first-order valence-corrected chi connectivity index (χ1v) is 3.15. The third-order valence-electron chi connectivity index (χ3n) is 1.13. The van der Waals surface area contributed by atoms with Gasteiger partial charge in [0, 0.05) is 12.4 Å². The maximum atomic E-state index is 8.26. The Balaban J connectivity index is 2.98. The number of ether oxygens (including phenoxy) is 1. The normalized spacial score (nSPS) is 10.5. The van der Waals surface area contributed by atoms with Gasteiger partial charge in [0.25, 0.3) is 5.90 Å². The second kappa shape index (κ2) is 4.03. The minimum atomic E-state index is 0.172. The predicted octanol–water partition coefficient (Wildman–Crippen LogP) is 0.351. The molecule has 0 unspecified atom stereocenters. The smallest absolute Gasteiger partial charge is 0.251 e. The summed E-state index contributed by atoms with van der Waals surface area (Å²) in [5.41, 5.74) is 0.446. The Bertz CT molecular complexity index is 314. The highest BCUT2D eigenvalue weighted by atomic mass is 16.5. The minimum absolute atomic E-state index is 0.172. The average Bonchev–Trinajstić information content (AvgIpc) is 2.15. The van der Waals surface area contributed by atoms with E-state index in [0.717, 1.165) is 0 Å². The zero-order chi connectivity index (χ0) is 8.81. The van der Waals surface area contributed by atoms with Gasteiger partial charge < -0.3 is 4.74 Å². The molecule has 12 heavy (non-hydrogen) atoms. The van der Waals surface area contributed by atoms with Crippen molar-refractivity contribution in [2.75, 3.05) is 7.11 Å². The van der Waals surface area contributed by atoms with Gasteiger partial charge >= 0.3 is 0 Å². The third-order valence-corrected chi connectivity index (χ3v) is 1.13. The molecule has 0 radical (unpaired) electrons. The van der Waals surface area contributed by atoms with Crippen LogP contribution in [0.15, 0.2) is 23.6 Å². The molecule has 1 heterocycles. The standard InChI is InChI=1S/C7H6N4O/c1-12-7(11-5-8)6-4-9-2-3-10-6/h2-4H,1H3/b11-7-. The van der Waals surface area contributed by atoms with E-state index in [2.05, 4.69) is 15.0 Å². The van der Waals surface area contributed by atoms with Crippen LogP contribution in [0.3, 0.4) is 0 Å². The summed E-state index contributed by atoms with van der Waals surface area (Å²) in [6.07, 6.45) is 6.12. The Morgan fingerprint density at radius 1 is 1.67 bits per heavy atom. The molecule has 1 aromatic heterocycles. The fourth-order valence-electron chi connectivity index (χ4n) is 0.662. The van der Waals surface area contributed by atoms with E-state index in [4.69, 9.17) is 10.00 Å². The van der Waals surface area contributed by atoms with Crippen LogP contribution >= 0.6 is 0 Å².